The summed E-state index contributed by atoms with van der Waals surface area (Å²) in [5.74, 6) is -8.41. The fraction of sp³-hybridized carbons (Fsp3) is 0.395. The SMILES string of the molecule is COc1cccc2c1C(=O)c1c(O)c3c(c(O)c1C2=O)CC(O)(C(=O)NCCNC(=O)CNC(=O)CNC(=O)C(NC(=O)CCN1C(=O)C=CC1=O)C(C)C)CC3O. The van der Waals surface area contributed by atoms with Gasteiger partial charge in [-0.05, 0) is 12.0 Å². The minimum atomic E-state index is -2.36. The van der Waals surface area contributed by atoms with Gasteiger partial charge < -0.3 is 51.7 Å². The number of ketones is 2. The van der Waals surface area contributed by atoms with E-state index in [-0.39, 0.29) is 54.1 Å². The number of nitrogens with zero attached hydrogens (tertiary/aromatic N) is 1. The molecule has 9 N–H and O–H groups in total. The first-order chi connectivity index (χ1) is 27.4. The second-order valence-electron chi connectivity index (χ2n) is 14.1. The number of imide groups is 1. The average molecular weight is 807 g/mol. The van der Waals surface area contributed by atoms with Crippen LogP contribution in [0.25, 0.3) is 0 Å². The van der Waals surface area contributed by atoms with E-state index in [0.29, 0.717) is 0 Å². The molecule has 0 radical (unpaired) electrons. The fourth-order valence-corrected chi connectivity index (χ4v) is 6.89. The van der Waals surface area contributed by atoms with Gasteiger partial charge in [0.1, 0.15) is 28.9 Å². The summed E-state index contributed by atoms with van der Waals surface area (Å²) in [6, 6.07) is 3.19. The van der Waals surface area contributed by atoms with Crippen molar-refractivity contribution in [2.45, 2.75) is 50.9 Å². The molecule has 1 heterocycles. The Morgan fingerprint density at radius 1 is 0.845 bits per heavy atom. The van der Waals surface area contributed by atoms with Gasteiger partial charge in [-0.25, -0.2) is 0 Å². The lowest BCUT2D eigenvalue weighted by Gasteiger charge is -2.37. The van der Waals surface area contributed by atoms with Crippen molar-refractivity contribution in [3.8, 4) is 17.2 Å². The van der Waals surface area contributed by atoms with Crippen LogP contribution in [0.1, 0.15) is 75.8 Å². The molecule has 0 aromatic heterocycles. The van der Waals surface area contributed by atoms with Crippen LogP contribution in [0, 0.1) is 5.92 Å². The van der Waals surface area contributed by atoms with Gasteiger partial charge in [0.25, 0.3) is 17.7 Å². The summed E-state index contributed by atoms with van der Waals surface area (Å²) in [5.41, 5.74) is -4.34. The number of rotatable bonds is 15. The predicted molar refractivity (Wildman–Crippen MR) is 197 cm³/mol. The highest BCUT2D eigenvalue weighted by molar-refractivity contribution is 6.31. The number of carbonyl (C=O) groups excluding carboxylic acids is 9. The molecule has 0 bridgehead atoms. The van der Waals surface area contributed by atoms with E-state index in [2.05, 4.69) is 26.6 Å². The number of carbonyl (C=O) groups is 9. The van der Waals surface area contributed by atoms with Crippen molar-refractivity contribution in [3.05, 3.63) is 63.7 Å². The number of hydrogen-bond donors (Lipinski definition) is 9. The number of aliphatic hydroxyl groups excluding tert-OH is 1. The van der Waals surface area contributed by atoms with Gasteiger partial charge in [0, 0.05) is 67.7 Å². The quantitative estimate of drug-likeness (QED) is 0.0437. The molecule has 0 spiro atoms. The number of aromatic hydroxyl groups is 2. The van der Waals surface area contributed by atoms with Gasteiger partial charge in [-0.1, -0.05) is 26.0 Å². The van der Waals surface area contributed by atoms with Gasteiger partial charge in [-0.2, -0.15) is 0 Å². The average Bonchev–Trinajstić information content (AvgIpc) is 3.50. The van der Waals surface area contributed by atoms with Crippen molar-refractivity contribution >= 4 is 52.9 Å². The number of benzene rings is 2. The zero-order chi connectivity index (χ0) is 42.6. The summed E-state index contributed by atoms with van der Waals surface area (Å²) in [6.45, 7) is 1.64. The molecule has 2 aromatic carbocycles. The van der Waals surface area contributed by atoms with Crippen LogP contribution in [0.2, 0.25) is 0 Å². The standard InChI is InChI=1S/C38H42N6O14/c1-17(2)31(43-22(46)9-12-44-25(49)7-8-26(44)50)36(55)42-16-24(48)41-15-23(47)39-10-11-40-37(56)38(57)13-19-27(20(45)14-38)34(53)30-29(33(19)52)32(51)18-5-4-6-21(58-3)28(18)35(30)54/h4-8,17,20,31,45,52-53,57H,9-16H2,1-3H3,(H,39,47)(H,40,56)(H,41,48)(H,42,55)(H,43,46). The normalized spacial score (nSPS) is 18.5. The summed E-state index contributed by atoms with van der Waals surface area (Å²) in [7, 11) is 1.29. The molecule has 3 atom stereocenters. The molecule has 7 amide bonds. The topological polar surface area (TPSA) is 307 Å². The first-order valence-electron chi connectivity index (χ1n) is 18.1. The number of ether oxygens (including phenoxy) is 1. The van der Waals surface area contributed by atoms with E-state index in [1.165, 1.54) is 25.3 Å². The molecule has 308 valence electrons. The van der Waals surface area contributed by atoms with E-state index < -0.39 is 125 Å². The lowest BCUT2D eigenvalue weighted by molar-refractivity contribution is -0.144. The minimum absolute atomic E-state index is 0.0538. The molecule has 20 nitrogen and oxygen atoms in total. The monoisotopic (exact) mass is 806 g/mol. The highest BCUT2D eigenvalue weighted by Crippen LogP contribution is 2.50. The molecule has 20 heteroatoms. The molecule has 5 rings (SSSR count). The van der Waals surface area contributed by atoms with Crippen molar-refractivity contribution in [3.63, 3.8) is 0 Å². The number of phenols is 2. The van der Waals surface area contributed by atoms with Crippen molar-refractivity contribution in [2.75, 3.05) is 39.8 Å². The largest absolute Gasteiger partial charge is 0.507 e. The summed E-state index contributed by atoms with van der Waals surface area (Å²) in [4.78, 5) is 114. The zero-order valence-electron chi connectivity index (χ0n) is 31.6. The summed E-state index contributed by atoms with van der Waals surface area (Å²) >= 11 is 0. The number of aliphatic hydroxyl groups is 2. The van der Waals surface area contributed by atoms with E-state index >= 15 is 0 Å². The van der Waals surface area contributed by atoms with Gasteiger partial charge in [0.15, 0.2) is 5.78 Å². The van der Waals surface area contributed by atoms with Gasteiger partial charge >= 0.3 is 0 Å². The van der Waals surface area contributed by atoms with Crippen LogP contribution in [0.5, 0.6) is 17.2 Å². The molecular formula is C38H42N6O14. The Morgan fingerprint density at radius 2 is 1.47 bits per heavy atom. The highest BCUT2D eigenvalue weighted by atomic mass is 16.5. The Labute approximate surface area is 330 Å². The number of phenolic OH excluding ortho intramolecular Hbond substituents is 2. The zero-order valence-corrected chi connectivity index (χ0v) is 31.6. The van der Waals surface area contributed by atoms with Crippen LogP contribution in [0.15, 0.2) is 30.4 Å². The third-order valence-electron chi connectivity index (χ3n) is 9.85. The van der Waals surface area contributed by atoms with Gasteiger partial charge in [-0.15, -0.1) is 0 Å². The second-order valence-corrected chi connectivity index (χ2v) is 14.1. The molecule has 0 fully saturated rings. The third kappa shape index (κ3) is 8.51. The molecule has 58 heavy (non-hydrogen) atoms. The maximum absolute atomic E-state index is 13.5. The fourth-order valence-electron chi connectivity index (χ4n) is 6.89. The number of methoxy groups -OCH3 is 1. The lowest BCUT2D eigenvalue weighted by Crippen LogP contribution is -2.53. The Kier molecular flexibility index (Phi) is 12.6. The molecule has 3 unspecified atom stereocenters. The lowest BCUT2D eigenvalue weighted by atomic mass is 9.72. The van der Waals surface area contributed by atoms with Crippen LogP contribution >= 0.6 is 0 Å². The van der Waals surface area contributed by atoms with Crippen LogP contribution in [0.3, 0.4) is 0 Å². The van der Waals surface area contributed by atoms with Gasteiger partial charge in [0.2, 0.25) is 29.4 Å². The second kappa shape index (κ2) is 17.2. The third-order valence-corrected chi connectivity index (χ3v) is 9.85. The Hall–Kier alpha value is -6.67. The minimum Gasteiger partial charge on any atom is -0.507 e. The number of amides is 7. The van der Waals surface area contributed by atoms with E-state index in [1.807, 2.05) is 0 Å². The van der Waals surface area contributed by atoms with Crippen molar-refractivity contribution in [1.82, 2.24) is 31.5 Å². The molecule has 3 aliphatic rings. The molecule has 0 saturated heterocycles. The number of fused-ring (bicyclic) bond motifs is 3. The maximum atomic E-state index is 13.5. The molecule has 1 aliphatic heterocycles. The first-order valence-corrected chi connectivity index (χ1v) is 18.1. The van der Waals surface area contributed by atoms with Gasteiger partial charge in [0.05, 0.1) is 43.0 Å². The van der Waals surface area contributed by atoms with Gasteiger partial charge in [-0.3, -0.25) is 48.1 Å². The molecule has 2 aliphatic carbocycles. The number of nitrogens with one attached hydrogen (secondary N) is 5. The van der Waals surface area contributed by atoms with E-state index in [0.717, 1.165) is 17.1 Å². The van der Waals surface area contributed by atoms with Crippen LogP contribution in [-0.4, -0.2) is 130 Å². The Morgan fingerprint density at radius 3 is 2.12 bits per heavy atom. The van der Waals surface area contributed by atoms with Crippen molar-refractivity contribution < 1.29 is 68.3 Å². The molecule has 2 aromatic rings. The Balaban J connectivity index is 1.07. The first kappa shape index (κ1) is 42.5. The number of hydrogen-bond acceptors (Lipinski definition) is 14. The Bertz CT molecular complexity index is 2130. The smallest absolute Gasteiger partial charge is 0.253 e. The summed E-state index contributed by atoms with van der Waals surface area (Å²) in [5, 5.41) is 56.7. The van der Waals surface area contributed by atoms with Crippen LogP contribution < -0.4 is 31.3 Å². The predicted octanol–water partition coefficient (Wildman–Crippen LogP) is -2.49. The van der Waals surface area contributed by atoms with Crippen molar-refractivity contribution in [2.24, 2.45) is 5.92 Å². The van der Waals surface area contributed by atoms with E-state index in [4.69, 9.17) is 4.74 Å². The van der Waals surface area contributed by atoms with Crippen LogP contribution in [-0.2, 0) is 40.0 Å². The van der Waals surface area contributed by atoms with Crippen molar-refractivity contribution in [1.29, 1.82) is 0 Å². The van der Waals surface area contributed by atoms with E-state index in [1.54, 1.807) is 13.8 Å². The van der Waals surface area contributed by atoms with E-state index in [9.17, 15) is 63.6 Å². The summed E-state index contributed by atoms with van der Waals surface area (Å²) in [6.07, 6.45) is -1.16. The van der Waals surface area contributed by atoms with Crippen LogP contribution in [0.4, 0.5) is 0 Å². The molecular weight excluding hydrogens is 764 g/mol. The molecule has 0 saturated carbocycles. The highest BCUT2D eigenvalue weighted by Gasteiger charge is 2.48. The maximum Gasteiger partial charge on any atom is 0.253 e. The summed E-state index contributed by atoms with van der Waals surface area (Å²) < 4.78 is 5.22.